The fourth-order valence-corrected chi connectivity index (χ4v) is 3.00. The molecule has 0 aromatic heterocycles. The molecule has 32 heavy (non-hydrogen) atoms. The average molecular weight is 442 g/mol. The first-order valence-corrected chi connectivity index (χ1v) is 9.75. The molecule has 0 aliphatic heterocycles. The third kappa shape index (κ3) is 6.34. The molecule has 3 rings (SSSR count). The SMILES string of the molecule is NC(=O)[C@@H](Cc1ccc(OCc2ccccc2)cc1)NC(=O)c1cccc(C(F)(F)F)c1. The average Bonchev–Trinajstić information content (AvgIpc) is 2.78. The Balaban J connectivity index is 1.62. The molecule has 5 nitrogen and oxygen atoms in total. The molecule has 2 amide bonds. The van der Waals surface area contributed by atoms with Gasteiger partial charge in [-0.05, 0) is 41.5 Å². The van der Waals surface area contributed by atoms with Crippen LogP contribution in [-0.2, 0) is 24.0 Å². The van der Waals surface area contributed by atoms with E-state index in [1.165, 1.54) is 6.07 Å². The summed E-state index contributed by atoms with van der Waals surface area (Å²) in [4.78, 5) is 24.2. The lowest BCUT2D eigenvalue weighted by molar-refractivity contribution is -0.137. The molecule has 3 N–H and O–H groups in total. The minimum atomic E-state index is -4.58. The lowest BCUT2D eigenvalue weighted by Gasteiger charge is -2.16. The van der Waals surface area contributed by atoms with Gasteiger partial charge in [0, 0.05) is 12.0 Å². The molecule has 3 aromatic carbocycles. The molecule has 1 atom stereocenters. The van der Waals surface area contributed by atoms with Crippen molar-refractivity contribution < 1.29 is 27.5 Å². The third-order valence-corrected chi connectivity index (χ3v) is 4.71. The summed E-state index contributed by atoms with van der Waals surface area (Å²) in [6, 6.07) is 19.4. The molecule has 0 aliphatic rings. The lowest BCUT2D eigenvalue weighted by atomic mass is 10.0. The maximum Gasteiger partial charge on any atom is 0.416 e. The van der Waals surface area contributed by atoms with E-state index in [1.807, 2.05) is 30.3 Å². The summed E-state index contributed by atoms with van der Waals surface area (Å²) >= 11 is 0. The van der Waals surface area contributed by atoms with Gasteiger partial charge in [-0.3, -0.25) is 9.59 Å². The molecule has 0 heterocycles. The number of benzene rings is 3. The van der Waals surface area contributed by atoms with E-state index in [2.05, 4.69) is 5.32 Å². The first-order valence-electron chi connectivity index (χ1n) is 9.75. The van der Waals surface area contributed by atoms with Crippen LogP contribution in [0.5, 0.6) is 5.75 Å². The van der Waals surface area contributed by atoms with Gasteiger partial charge in [0.15, 0.2) is 0 Å². The zero-order valence-corrected chi connectivity index (χ0v) is 16.9. The molecular weight excluding hydrogens is 421 g/mol. The normalized spacial score (nSPS) is 12.1. The molecule has 0 spiro atoms. The number of nitrogens with one attached hydrogen (secondary N) is 1. The van der Waals surface area contributed by atoms with E-state index in [4.69, 9.17) is 10.5 Å². The Labute approximate surface area is 183 Å². The Morgan fingerprint density at radius 3 is 2.22 bits per heavy atom. The molecule has 8 heteroatoms. The number of nitrogens with two attached hydrogens (primary N) is 1. The van der Waals surface area contributed by atoms with Crippen LogP contribution in [0.1, 0.15) is 27.0 Å². The Morgan fingerprint density at radius 1 is 0.906 bits per heavy atom. The number of primary amides is 1. The van der Waals surface area contributed by atoms with Crippen LogP contribution in [0.4, 0.5) is 13.2 Å². The molecule has 0 unspecified atom stereocenters. The van der Waals surface area contributed by atoms with Crippen molar-refractivity contribution in [3.8, 4) is 5.75 Å². The van der Waals surface area contributed by atoms with Crippen LogP contribution in [0, 0.1) is 0 Å². The number of carbonyl (C=O) groups is 2. The molecule has 0 saturated carbocycles. The number of hydrogen-bond acceptors (Lipinski definition) is 3. The van der Waals surface area contributed by atoms with Crippen molar-refractivity contribution in [2.75, 3.05) is 0 Å². The topological polar surface area (TPSA) is 81.4 Å². The molecular formula is C24H21F3N2O3. The Bertz CT molecular complexity index is 1070. The minimum Gasteiger partial charge on any atom is -0.489 e. The van der Waals surface area contributed by atoms with E-state index < -0.39 is 29.6 Å². The van der Waals surface area contributed by atoms with E-state index in [9.17, 15) is 22.8 Å². The Morgan fingerprint density at radius 2 is 1.59 bits per heavy atom. The third-order valence-electron chi connectivity index (χ3n) is 4.71. The summed E-state index contributed by atoms with van der Waals surface area (Å²) in [7, 11) is 0. The zero-order chi connectivity index (χ0) is 23.1. The van der Waals surface area contributed by atoms with Crippen molar-refractivity contribution in [2.24, 2.45) is 5.73 Å². The standard InChI is InChI=1S/C24H21F3N2O3/c25-24(26,27)19-8-4-7-18(14-19)23(31)29-21(22(28)30)13-16-9-11-20(12-10-16)32-15-17-5-2-1-3-6-17/h1-12,14,21H,13,15H2,(H2,28,30)(H,29,31)/t21-/m1/s1. The van der Waals surface area contributed by atoms with Crippen LogP contribution in [0.3, 0.4) is 0 Å². The van der Waals surface area contributed by atoms with Crippen LogP contribution in [-0.4, -0.2) is 17.9 Å². The fourth-order valence-electron chi connectivity index (χ4n) is 3.00. The molecule has 0 fully saturated rings. The van der Waals surface area contributed by atoms with Crippen molar-refractivity contribution in [3.63, 3.8) is 0 Å². The van der Waals surface area contributed by atoms with Gasteiger partial charge in [-0.15, -0.1) is 0 Å². The maximum absolute atomic E-state index is 12.9. The summed E-state index contributed by atoms with van der Waals surface area (Å²) < 4.78 is 44.3. The van der Waals surface area contributed by atoms with Crippen LogP contribution < -0.4 is 15.8 Å². The van der Waals surface area contributed by atoms with Gasteiger partial charge in [0.25, 0.3) is 5.91 Å². The predicted molar refractivity (Wildman–Crippen MR) is 113 cm³/mol. The van der Waals surface area contributed by atoms with Crippen molar-refractivity contribution in [2.45, 2.75) is 25.2 Å². The van der Waals surface area contributed by atoms with E-state index in [0.29, 0.717) is 17.9 Å². The fraction of sp³-hybridized carbons (Fsp3) is 0.167. The number of alkyl halides is 3. The number of hydrogen-bond donors (Lipinski definition) is 2. The smallest absolute Gasteiger partial charge is 0.416 e. The first-order chi connectivity index (χ1) is 15.2. The second-order valence-corrected chi connectivity index (χ2v) is 7.13. The van der Waals surface area contributed by atoms with Crippen molar-refractivity contribution in [1.82, 2.24) is 5.32 Å². The van der Waals surface area contributed by atoms with Crippen molar-refractivity contribution in [1.29, 1.82) is 0 Å². The number of ether oxygens (including phenoxy) is 1. The van der Waals surface area contributed by atoms with Gasteiger partial charge in [0.05, 0.1) is 5.56 Å². The first kappa shape index (κ1) is 22.9. The van der Waals surface area contributed by atoms with Gasteiger partial charge in [0.1, 0.15) is 18.4 Å². The number of amides is 2. The number of carbonyl (C=O) groups excluding carboxylic acids is 2. The van der Waals surface area contributed by atoms with Crippen molar-refractivity contribution in [3.05, 3.63) is 101 Å². The summed E-state index contributed by atoms with van der Waals surface area (Å²) in [5, 5.41) is 2.41. The van der Waals surface area contributed by atoms with E-state index >= 15 is 0 Å². The monoisotopic (exact) mass is 442 g/mol. The van der Waals surface area contributed by atoms with Gasteiger partial charge in [-0.2, -0.15) is 13.2 Å². The van der Waals surface area contributed by atoms with Crippen LogP contribution >= 0.6 is 0 Å². The van der Waals surface area contributed by atoms with Crippen LogP contribution in [0.2, 0.25) is 0 Å². The Kier molecular flexibility index (Phi) is 7.14. The summed E-state index contributed by atoms with van der Waals surface area (Å²) in [5.41, 5.74) is 5.95. The molecule has 166 valence electrons. The number of halogens is 3. The molecule has 0 bridgehead atoms. The largest absolute Gasteiger partial charge is 0.489 e. The van der Waals surface area contributed by atoms with E-state index in [0.717, 1.165) is 23.8 Å². The predicted octanol–water partition coefficient (Wildman–Crippen LogP) is 4.11. The summed E-state index contributed by atoms with van der Waals surface area (Å²) in [6.07, 6.45) is -4.50. The molecule has 3 aromatic rings. The van der Waals surface area contributed by atoms with Crippen LogP contribution in [0.25, 0.3) is 0 Å². The van der Waals surface area contributed by atoms with Gasteiger partial charge in [-0.25, -0.2) is 0 Å². The number of rotatable bonds is 8. The highest BCUT2D eigenvalue weighted by Gasteiger charge is 2.31. The summed E-state index contributed by atoms with van der Waals surface area (Å²) in [6.45, 7) is 0.400. The van der Waals surface area contributed by atoms with Crippen molar-refractivity contribution >= 4 is 11.8 Å². The Hall–Kier alpha value is -3.81. The van der Waals surface area contributed by atoms with Crippen LogP contribution in [0.15, 0.2) is 78.9 Å². The van der Waals surface area contributed by atoms with Gasteiger partial charge in [0.2, 0.25) is 5.91 Å². The summed E-state index contributed by atoms with van der Waals surface area (Å²) in [5.74, 6) is -0.987. The maximum atomic E-state index is 12.9. The van der Waals surface area contributed by atoms with Gasteiger partial charge in [-0.1, -0.05) is 48.5 Å². The van der Waals surface area contributed by atoms with Gasteiger partial charge < -0.3 is 15.8 Å². The second kappa shape index (κ2) is 10.00. The molecule has 0 saturated heterocycles. The van der Waals surface area contributed by atoms with Gasteiger partial charge >= 0.3 is 6.18 Å². The second-order valence-electron chi connectivity index (χ2n) is 7.13. The minimum absolute atomic E-state index is 0.0823. The molecule has 0 radical (unpaired) electrons. The highest BCUT2D eigenvalue weighted by atomic mass is 19.4. The zero-order valence-electron chi connectivity index (χ0n) is 16.9. The molecule has 0 aliphatic carbocycles. The highest BCUT2D eigenvalue weighted by molar-refractivity contribution is 5.97. The lowest BCUT2D eigenvalue weighted by Crippen LogP contribution is -2.45. The quantitative estimate of drug-likeness (QED) is 0.551. The highest BCUT2D eigenvalue weighted by Crippen LogP contribution is 2.29. The van der Waals surface area contributed by atoms with E-state index in [1.54, 1.807) is 24.3 Å². The van der Waals surface area contributed by atoms with E-state index in [-0.39, 0.29) is 12.0 Å².